The van der Waals surface area contributed by atoms with E-state index >= 15 is 0 Å². The smallest absolute Gasteiger partial charge is 0.455 e. The summed E-state index contributed by atoms with van der Waals surface area (Å²) in [7, 11) is -2.47. The van der Waals surface area contributed by atoms with Gasteiger partial charge in [0.15, 0.2) is 0 Å². The number of nitrogens with zero attached hydrogens (tertiary/aromatic N) is 1. The van der Waals surface area contributed by atoms with E-state index in [1.54, 1.807) is 18.2 Å². The van der Waals surface area contributed by atoms with Gasteiger partial charge in [0, 0.05) is 24.1 Å². The average Bonchev–Trinajstić information content (AvgIpc) is 3.60. The summed E-state index contributed by atoms with van der Waals surface area (Å²) >= 11 is 0. The molecule has 0 saturated heterocycles. The SMILES string of the molecule is CNC(=O)c1c(-c2ccc(F)cc2)oc2cc(N(Cc3ccc4c(c3)COB4O)[SH](=O)=O)c(C3CC3)cc12. The Balaban J connectivity index is 1.49. The van der Waals surface area contributed by atoms with E-state index in [-0.39, 0.29) is 30.7 Å². The molecule has 8 nitrogen and oxygen atoms in total. The van der Waals surface area contributed by atoms with Gasteiger partial charge in [-0.05, 0) is 71.2 Å². The highest BCUT2D eigenvalue weighted by atomic mass is 32.2. The summed E-state index contributed by atoms with van der Waals surface area (Å²) in [6.07, 6.45) is 1.82. The summed E-state index contributed by atoms with van der Waals surface area (Å²) < 4.78 is 51.4. The van der Waals surface area contributed by atoms with Gasteiger partial charge in [-0.25, -0.2) is 12.8 Å². The van der Waals surface area contributed by atoms with Gasteiger partial charge in [0.05, 0.1) is 24.4 Å². The Morgan fingerprint density at radius 2 is 1.92 bits per heavy atom. The maximum Gasteiger partial charge on any atom is 0.491 e. The molecule has 0 atom stereocenters. The molecule has 1 saturated carbocycles. The summed E-state index contributed by atoms with van der Waals surface area (Å²) in [6.45, 7) is 0.342. The molecule has 1 aliphatic carbocycles. The van der Waals surface area contributed by atoms with E-state index in [2.05, 4.69) is 5.32 Å². The predicted octanol–water partition coefficient (Wildman–Crippen LogP) is 3.23. The molecule has 11 heteroatoms. The molecule has 1 aliphatic heterocycles. The van der Waals surface area contributed by atoms with Gasteiger partial charge in [0.2, 0.25) is 10.9 Å². The molecule has 0 radical (unpaired) electrons. The zero-order valence-corrected chi connectivity index (χ0v) is 21.3. The van der Waals surface area contributed by atoms with Gasteiger partial charge in [-0.15, -0.1) is 0 Å². The van der Waals surface area contributed by atoms with Crippen LogP contribution >= 0.6 is 0 Å². The summed E-state index contributed by atoms with van der Waals surface area (Å²) in [5.74, 6) is -0.315. The molecule has 0 bridgehead atoms. The maximum absolute atomic E-state index is 13.6. The van der Waals surface area contributed by atoms with Crippen molar-refractivity contribution in [2.75, 3.05) is 11.4 Å². The summed E-state index contributed by atoms with van der Waals surface area (Å²) in [5.41, 5.74) is 4.78. The number of hydrogen-bond acceptors (Lipinski definition) is 6. The number of furan rings is 1. The first-order valence-corrected chi connectivity index (χ1v) is 13.4. The van der Waals surface area contributed by atoms with Gasteiger partial charge in [0.1, 0.15) is 17.2 Å². The van der Waals surface area contributed by atoms with E-state index in [9.17, 15) is 22.6 Å². The van der Waals surface area contributed by atoms with Crippen LogP contribution in [0.15, 0.2) is 59.0 Å². The second kappa shape index (κ2) is 9.57. The molecular formula is C27H24BFN2O6S. The van der Waals surface area contributed by atoms with E-state index in [1.807, 2.05) is 12.1 Å². The van der Waals surface area contributed by atoms with Crippen LogP contribution in [0.4, 0.5) is 10.1 Å². The van der Waals surface area contributed by atoms with Crippen molar-refractivity contribution in [2.24, 2.45) is 0 Å². The van der Waals surface area contributed by atoms with Crippen LogP contribution < -0.4 is 15.1 Å². The lowest BCUT2D eigenvalue weighted by Gasteiger charge is -2.22. The predicted molar refractivity (Wildman–Crippen MR) is 142 cm³/mol. The quantitative estimate of drug-likeness (QED) is 0.248. The first kappa shape index (κ1) is 24.7. The van der Waals surface area contributed by atoms with Crippen molar-refractivity contribution >= 4 is 46.0 Å². The first-order chi connectivity index (χ1) is 18.3. The number of fused-ring (bicyclic) bond motifs is 2. The van der Waals surface area contributed by atoms with Crippen LogP contribution in [-0.4, -0.2) is 33.5 Å². The number of hydrogen-bond donors (Lipinski definition) is 3. The Morgan fingerprint density at radius 1 is 1.16 bits per heavy atom. The highest BCUT2D eigenvalue weighted by Crippen LogP contribution is 2.48. The number of nitrogens with one attached hydrogen (secondary N) is 1. The molecule has 0 unspecified atom stereocenters. The van der Waals surface area contributed by atoms with E-state index < -0.39 is 23.8 Å². The van der Waals surface area contributed by atoms with Gasteiger partial charge in [-0.2, -0.15) is 0 Å². The fourth-order valence-corrected chi connectivity index (χ4v) is 5.66. The first-order valence-electron chi connectivity index (χ1n) is 12.3. The van der Waals surface area contributed by atoms with Crippen LogP contribution in [-0.2, 0) is 28.7 Å². The van der Waals surface area contributed by atoms with Crippen LogP contribution in [0.5, 0.6) is 0 Å². The molecule has 0 spiro atoms. The fourth-order valence-electron chi connectivity index (χ4n) is 5.03. The van der Waals surface area contributed by atoms with Gasteiger partial charge < -0.3 is 19.4 Å². The molecule has 1 aromatic heterocycles. The van der Waals surface area contributed by atoms with Crippen molar-refractivity contribution in [1.29, 1.82) is 0 Å². The monoisotopic (exact) mass is 534 g/mol. The van der Waals surface area contributed by atoms with E-state index in [4.69, 9.17) is 9.07 Å². The zero-order valence-electron chi connectivity index (χ0n) is 20.4. The summed E-state index contributed by atoms with van der Waals surface area (Å²) in [6, 6.07) is 14.6. The molecule has 6 rings (SSSR count). The lowest BCUT2D eigenvalue weighted by atomic mass is 9.79. The molecule has 38 heavy (non-hydrogen) atoms. The Bertz CT molecular complexity index is 1640. The summed E-state index contributed by atoms with van der Waals surface area (Å²) in [5, 5.41) is 13.1. The Kier molecular flexibility index (Phi) is 6.21. The normalized spacial score (nSPS) is 14.8. The minimum Gasteiger partial charge on any atom is -0.455 e. The molecule has 1 fully saturated rings. The van der Waals surface area contributed by atoms with Crippen molar-refractivity contribution in [3.63, 3.8) is 0 Å². The van der Waals surface area contributed by atoms with Crippen LogP contribution in [0, 0.1) is 5.82 Å². The third kappa shape index (κ3) is 4.36. The van der Waals surface area contributed by atoms with Crippen molar-refractivity contribution in [3.8, 4) is 11.3 Å². The highest BCUT2D eigenvalue weighted by molar-refractivity contribution is 7.74. The Labute approximate surface area is 220 Å². The Morgan fingerprint density at radius 3 is 2.61 bits per heavy atom. The topological polar surface area (TPSA) is 109 Å². The lowest BCUT2D eigenvalue weighted by Crippen LogP contribution is -2.28. The number of amides is 1. The van der Waals surface area contributed by atoms with Crippen molar-refractivity contribution in [3.05, 3.63) is 82.7 Å². The third-order valence-corrected chi connectivity index (χ3v) is 7.84. The number of anilines is 1. The highest BCUT2D eigenvalue weighted by Gasteiger charge is 2.32. The van der Waals surface area contributed by atoms with Crippen LogP contribution in [0.3, 0.4) is 0 Å². The molecule has 4 aromatic rings. The van der Waals surface area contributed by atoms with Crippen molar-refractivity contribution < 1.29 is 31.7 Å². The third-order valence-electron chi connectivity index (χ3n) is 7.09. The van der Waals surface area contributed by atoms with E-state index in [0.717, 1.165) is 29.5 Å². The second-order valence-corrected chi connectivity index (χ2v) is 10.5. The zero-order chi connectivity index (χ0) is 26.6. The standard InChI is InChI=1S/C27H24BFN2O6S/c1-30-27(32)25-21-11-20(16-3-4-16)23(12-24(21)37-26(25)17-5-7-19(29)8-6-17)31(38(34)35)13-15-2-9-22-18(10-15)14-36-28(22)33/h2,5-12,16,33,38H,3-4,13-14H2,1H3,(H,30,32). The van der Waals surface area contributed by atoms with E-state index in [0.29, 0.717) is 33.2 Å². The summed E-state index contributed by atoms with van der Waals surface area (Å²) in [4.78, 5) is 13.0. The van der Waals surface area contributed by atoms with Crippen molar-refractivity contribution in [2.45, 2.75) is 31.9 Å². The fraction of sp³-hybridized carbons (Fsp3) is 0.222. The van der Waals surface area contributed by atoms with Crippen LogP contribution in [0.2, 0.25) is 0 Å². The largest absolute Gasteiger partial charge is 0.491 e. The lowest BCUT2D eigenvalue weighted by molar-refractivity contribution is 0.0964. The van der Waals surface area contributed by atoms with Crippen LogP contribution in [0.25, 0.3) is 22.3 Å². The van der Waals surface area contributed by atoms with Gasteiger partial charge in [-0.3, -0.25) is 9.10 Å². The maximum atomic E-state index is 13.6. The second-order valence-electron chi connectivity index (χ2n) is 9.57. The van der Waals surface area contributed by atoms with Crippen LogP contribution in [0.1, 0.15) is 45.8 Å². The number of halogens is 1. The average molecular weight is 534 g/mol. The number of carbonyl (C=O) groups excluding carboxylic acids is 1. The van der Waals surface area contributed by atoms with Gasteiger partial charge >= 0.3 is 7.12 Å². The number of rotatable bonds is 7. The Hall–Kier alpha value is -3.67. The number of thiol groups is 1. The van der Waals surface area contributed by atoms with Gasteiger partial charge in [0.25, 0.3) is 5.91 Å². The van der Waals surface area contributed by atoms with Gasteiger partial charge in [-0.1, -0.05) is 18.2 Å². The van der Waals surface area contributed by atoms with Crippen molar-refractivity contribution in [1.82, 2.24) is 5.32 Å². The van der Waals surface area contributed by atoms with E-state index in [1.165, 1.54) is 35.6 Å². The molecule has 3 aromatic carbocycles. The minimum atomic E-state index is -3.02. The molecule has 2 N–H and O–H groups in total. The molecule has 1 amide bonds. The molecule has 194 valence electrons. The molecular weight excluding hydrogens is 510 g/mol. The number of benzene rings is 3. The molecule has 2 aliphatic rings. The number of carbonyl (C=O) groups is 1. The molecule has 2 heterocycles. The minimum absolute atomic E-state index is 0.0845.